The highest BCUT2D eigenvalue weighted by molar-refractivity contribution is 9.10. The van der Waals surface area contributed by atoms with E-state index in [1.807, 2.05) is 23.1 Å². The molecular formula is C12H13BrClF2N. The van der Waals surface area contributed by atoms with Gasteiger partial charge in [-0.1, -0.05) is 27.5 Å². The number of hydrogen-bond acceptors (Lipinski definition) is 1. The molecule has 0 bridgehead atoms. The van der Waals surface area contributed by atoms with Gasteiger partial charge in [-0.2, -0.15) is 0 Å². The SMILES string of the molecule is FC1(F)CCN(Cc2cc(Br)ccc2Cl)CC1. The molecule has 5 heteroatoms. The van der Waals surface area contributed by atoms with Gasteiger partial charge in [-0.25, -0.2) is 8.78 Å². The van der Waals surface area contributed by atoms with Crippen LogP contribution >= 0.6 is 27.5 Å². The van der Waals surface area contributed by atoms with Gasteiger partial charge in [0.2, 0.25) is 0 Å². The summed E-state index contributed by atoms with van der Waals surface area (Å²) in [5, 5.41) is 0.686. The van der Waals surface area contributed by atoms with Crippen molar-refractivity contribution in [3.8, 4) is 0 Å². The van der Waals surface area contributed by atoms with Crippen LogP contribution < -0.4 is 0 Å². The number of alkyl halides is 2. The van der Waals surface area contributed by atoms with Crippen molar-refractivity contribution in [2.75, 3.05) is 13.1 Å². The summed E-state index contributed by atoms with van der Waals surface area (Å²) in [4.78, 5) is 2.02. The predicted octanol–water partition coefficient (Wildman–Crippen LogP) is 4.33. The Morgan fingerprint density at radius 2 is 1.94 bits per heavy atom. The van der Waals surface area contributed by atoms with Gasteiger partial charge in [0, 0.05) is 42.0 Å². The van der Waals surface area contributed by atoms with E-state index in [2.05, 4.69) is 15.9 Å². The van der Waals surface area contributed by atoms with Crippen LogP contribution in [0, 0.1) is 0 Å². The second kappa shape index (κ2) is 5.21. The van der Waals surface area contributed by atoms with E-state index in [1.165, 1.54) is 0 Å². The van der Waals surface area contributed by atoms with Gasteiger partial charge in [0.1, 0.15) is 0 Å². The molecule has 0 saturated carbocycles. The van der Waals surface area contributed by atoms with E-state index in [9.17, 15) is 8.78 Å². The van der Waals surface area contributed by atoms with Crippen LogP contribution in [0.3, 0.4) is 0 Å². The Hall–Kier alpha value is -0.190. The molecule has 0 radical (unpaired) electrons. The molecule has 0 spiro atoms. The van der Waals surface area contributed by atoms with Crippen LogP contribution in [-0.2, 0) is 6.54 Å². The van der Waals surface area contributed by atoms with Gasteiger partial charge in [0.15, 0.2) is 0 Å². The van der Waals surface area contributed by atoms with E-state index in [1.54, 1.807) is 0 Å². The first kappa shape index (κ1) is 13.2. The molecule has 0 amide bonds. The smallest absolute Gasteiger partial charge is 0.250 e. The fourth-order valence-electron chi connectivity index (χ4n) is 1.94. The Kier molecular flexibility index (Phi) is 4.06. The molecule has 1 aromatic carbocycles. The lowest BCUT2D eigenvalue weighted by molar-refractivity contribution is -0.0566. The molecule has 1 saturated heterocycles. The minimum atomic E-state index is -2.49. The van der Waals surface area contributed by atoms with E-state index in [4.69, 9.17) is 11.6 Å². The first-order chi connectivity index (χ1) is 7.96. The molecule has 94 valence electrons. The van der Waals surface area contributed by atoms with Gasteiger partial charge in [-0.3, -0.25) is 4.90 Å². The monoisotopic (exact) mass is 323 g/mol. The van der Waals surface area contributed by atoms with Crippen LogP contribution in [-0.4, -0.2) is 23.9 Å². The standard InChI is InChI=1S/C12H13BrClF2N/c13-10-1-2-11(14)9(7-10)8-17-5-3-12(15,16)4-6-17/h1-2,7H,3-6,8H2. The molecule has 1 aromatic rings. The molecule has 2 rings (SSSR count). The Morgan fingerprint density at radius 3 is 2.59 bits per heavy atom. The maximum Gasteiger partial charge on any atom is 0.250 e. The van der Waals surface area contributed by atoms with Gasteiger partial charge in [-0.05, 0) is 23.8 Å². The van der Waals surface area contributed by atoms with Crippen LogP contribution in [0.25, 0.3) is 0 Å². The molecule has 0 aromatic heterocycles. The van der Waals surface area contributed by atoms with Crippen molar-refractivity contribution in [2.24, 2.45) is 0 Å². The Labute approximate surface area is 113 Å². The van der Waals surface area contributed by atoms with Gasteiger partial charge in [0.05, 0.1) is 0 Å². The van der Waals surface area contributed by atoms with Crippen LogP contribution in [0.5, 0.6) is 0 Å². The molecule has 0 N–H and O–H groups in total. The summed E-state index contributed by atoms with van der Waals surface area (Å²) in [6.07, 6.45) is -0.114. The third kappa shape index (κ3) is 3.63. The fraction of sp³-hybridized carbons (Fsp3) is 0.500. The lowest BCUT2D eigenvalue weighted by atomic mass is 10.1. The summed E-state index contributed by atoms with van der Waals surface area (Å²) >= 11 is 9.46. The van der Waals surface area contributed by atoms with Crippen molar-refractivity contribution >= 4 is 27.5 Å². The third-order valence-corrected chi connectivity index (χ3v) is 3.85. The summed E-state index contributed by atoms with van der Waals surface area (Å²) in [5.74, 6) is -2.49. The highest BCUT2D eigenvalue weighted by atomic mass is 79.9. The highest BCUT2D eigenvalue weighted by Gasteiger charge is 2.33. The second-order valence-corrected chi connectivity index (χ2v) is 5.69. The zero-order valence-electron chi connectivity index (χ0n) is 9.23. The first-order valence-corrected chi connectivity index (χ1v) is 6.67. The topological polar surface area (TPSA) is 3.24 Å². The third-order valence-electron chi connectivity index (χ3n) is 2.99. The molecule has 1 nitrogen and oxygen atoms in total. The highest BCUT2D eigenvalue weighted by Crippen LogP contribution is 2.29. The summed E-state index contributed by atoms with van der Waals surface area (Å²) in [5.41, 5.74) is 0.978. The summed E-state index contributed by atoms with van der Waals surface area (Å²) in [7, 11) is 0. The quantitative estimate of drug-likeness (QED) is 0.782. The first-order valence-electron chi connectivity index (χ1n) is 5.50. The number of halogens is 4. The average molecular weight is 325 g/mol. The number of rotatable bonds is 2. The van der Waals surface area contributed by atoms with Crippen molar-refractivity contribution in [1.82, 2.24) is 4.90 Å². The van der Waals surface area contributed by atoms with Crippen LogP contribution in [0.15, 0.2) is 22.7 Å². The second-order valence-electron chi connectivity index (χ2n) is 4.37. The lowest BCUT2D eigenvalue weighted by Gasteiger charge is -2.31. The zero-order chi connectivity index (χ0) is 12.5. The Bertz CT molecular complexity index is 401. The minimum Gasteiger partial charge on any atom is -0.299 e. The average Bonchev–Trinajstić information content (AvgIpc) is 2.26. The minimum absolute atomic E-state index is 0.0569. The number of likely N-dealkylation sites (tertiary alicyclic amines) is 1. The summed E-state index contributed by atoms with van der Waals surface area (Å²) in [6.45, 7) is 1.49. The van der Waals surface area contributed by atoms with E-state index in [0.29, 0.717) is 24.7 Å². The van der Waals surface area contributed by atoms with Crippen molar-refractivity contribution in [1.29, 1.82) is 0 Å². The van der Waals surface area contributed by atoms with E-state index in [-0.39, 0.29) is 12.8 Å². The Balaban J connectivity index is 2.00. The summed E-state index contributed by atoms with van der Waals surface area (Å²) in [6, 6.07) is 5.63. The molecule has 0 aliphatic carbocycles. The van der Waals surface area contributed by atoms with E-state index in [0.717, 1.165) is 10.0 Å². The van der Waals surface area contributed by atoms with Crippen LogP contribution in [0.2, 0.25) is 5.02 Å². The largest absolute Gasteiger partial charge is 0.299 e. The molecule has 0 atom stereocenters. The number of piperidine rings is 1. The van der Waals surface area contributed by atoms with Crippen LogP contribution in [0.4, 0.5) is 8.78 Å². The zero-order valence-corrected chi connectivity index (χ0v) is 11.6. The number of nitrogens with zero attached hydrogens (tertiary/aromatic N) is 1. The molecule has 1 fully saturated rings. The van der Waals surface area contributed by atoms with Crippen molar-refractivity contribution in [3.05, 3.63) is 33.3 Å². The Morgan fingerprint density at radius 1 is 1.29 bits per heavy atom. The van der Waals surface area contributed by atoms with E-state index < -0.39 is 5.92 Å². The number of hydrogen-bond donors (Lipinski definition) is 0. The normalized spacial score (nSPS) is 20.5. The molecule has 1 aliphatic heterocycles. The number of benzene rings is 1. The van der Waals surface area contributed by atoms with Crippen molar-refractivity contribution < 1.29 is 8.78 Å². The molecule has 0 unspecified atom stereocenters. The van der Waals surface area contributed by atoms with E-state index >= 15 is 0 Å². The fourth-order valence-corrected chi connectivity index (χ4v) is 2.53. The van der Waals surface area contributed by atoms with Crippen LogP contribution in [0.1, 0.15) is 18.4 Å². The van der Waals surface area contributed by atoms with Gasteiger partial charge < -0.3 is 0 Å². The van der Waals surface area contributed by atoms with Gasteiger partial charge in [0.25, 0.3) is 5.92 Å². The molecule has 17 heavy (non-hydrogen) atoms. The maximum absolute atomic E-state index is 13.0. The molecular weight excluding hydrogens is 311 g/mol. The summed E-state index contributed by atoms with van der Waals surface area (Å²) < 4.78 is 27.0. The molecule has 1 heterocycles. The van der Waals surface area contributed by atoms with Gasteiger partial charge >= 0.3 is 0 Å². The maximum atomic E-state index is 13.0. The van der Waals surface area contributed by atoms with Gasteiger partial charge in [-0.15, -0.1) is 0 Å². The van der Waals surface area contributed by atoms with Crippen molar-refractivity contribution in [2.45, 2.75) is 25.3 Å². The lowest BCUT2D eigenvalue weighted by Crippen LogP contribution is -2.38. The predicted molar refractivity (Wildman–Crippen MR) is 68.6 cm³/mol. The molecule has 1 aliphatic rings. The van der Waals surface area contributed by atoms with Crippen molar-refractivity contribution in [3.63, 3.8) is 0 Å².